The lowest BCUT2D eigenvalue weighted by molar-refractivity contribution is -0.137. The molecule has 2 N–H and O–H groups in total. The number of imide groups is 1. The molecule has 0 bridgehead atoms. The standard InChI is InChI=1S/C19H15NO6S/c21-14-5-2-4-13(11-14)20-18(24)16(27-19(20)25)10-12-3-1-6-15(9-12)26-8-7-17(22)23/h1-6,9-11,21H,7-8H2,(H,22,23)/b16-10+. The third kappa shape index (κ3) is 4.48. The third-order valence-corrected chi connectivity index (χ3v) is 4.49. The monoisotopic (exact) mass is 385 g/mol. The number of benzene rings is 2. The highest BCUT2D eigenvalue weighted by Crippen LogP contribution is 2.36. The number of nitrogens with zero attached hydrogens (tertiary/aromatic N) is 1. The highest BCUT2D eigenvalue weighted by atomic mass is 32.2. The van der Waals surface area contributed by atoms with Crippen LogP contribution in [0.5, 0.6) is 11.5 Å². The van der Waals surface area contributed by atoms with Crippen LogP contribution < -0.4 is 9.64 Å². The van der Waals surface area contributed by atoms with Gasteiger partial charge >= 0.3 is 5.97 Å². The molecule has 0 spiro atoms. The van der Waals surface area contributed by atoms with Gasteiger partial charge in [0.25, 0.3) is 11.1 Å². The van der Waals surface area contributed by atoms with E-state index in [1.54, 1.807) is 42.5 Å². The first-order chi connectivity index (χ1) is 12.9. The molecule has 1 fully saturated rings. The zero-order valence-electron chi connectivity index (χ0n) is 14.0. The minimum absolute atomic E-state index is 0.0345. The number of ether oxygens (including phenoxy) is 1. The van der Waals surface area contributed by atoms with Crippen molar-refractivity contribution < 1.29 is 29.3 Å². The number of phenolic OH excluding ortho intramolecular Hbond substituents is 1. The summed E-state index contributed by atoms with van der Waals surface area (Å²) in [5.74, 6) is -1.00. The summed E-state index contributed by atoms with van der Waals surface area (Å²) in [5, 5.41) is 17.8. The van der Waals surface area contributed by atoms with Crippen LogP contribution in [-0.2, 0) is 9.59 Å². The summed E-state index contributed by atoms with van der Waals surface area (Å²) in [6.45, 7) is 0.0345. The molecule has 27 heavy (non-hydrogen) atoms. The fraction of sp³-hybridized carbons (Fsp3) is 0.105. The number of phenols is 1. The summed E-state index contributed by atoms with van der Waals surface area (Å²) in [7, 11) is 0. The van der Waals surface area contributed by atoms with Crippen LogP contribution in [0.1, 0.15) is 12.0 Å². The van der Waals surface area contributed by atoms with Crippen LogP contribution in [-0.4, -0.2) is 33.9 Å². The van der Waals surface area contributed by atoms with Gasteiger partial charge in [0.05, 0.1) is 23.6 Å². The quantitative estimate of drug-likeness (QED) is 0.734. The van der Waals surface area contributed by atoms with Crippen molar-refractivity contribution in [2.45, 2.75) is 6.42 Å². The molecule has 7 nitrogen and oxygen atoms in total. The molecule has 0 atom stereocenters. The van der Waals surface area contributed by atoms with Crippen molar-refractivity contribution in [3.8, 4) is 11.5 Å². The van der Waals surface area contributed by atoms with E-state index in [-0.39, 0.29) is 23.7 Å². The second-order valence-electron chi connectivity index (χ2n) is 5.60. The van der Waals surface area contributed by atoms with Crippen LogP contribution in [0.4, 0.5) is 10.5 Å². The zero-order chi connectivity index (χ0) is 19.4. The highest BCUT2D eigenvalue weighted by Gasteiger charge is 2.36. The van der Waals surface area contributed by atoms with E-state index in [1.807, 2.05) is 0 Å². The molecule has 0 saturated carbocycles. The zero-order valence-corrected chi connectivity index (χ0v) is 14.8. The number of aromatic hydroxyl groups is 1. The summed E-state index contributed by atoms with van der Waals surface area (Å²) in [6, 6.07) is 12.7. The fourth-order valence-corrected chi connectivity index (χ4v) is 3.27. The van der Waals surface area contributed by atoms with Crippen molar-refractivity contribution in [3.05, 3.63) is 59.0 Å². The Morgan fingerprint density at radius 3 is 2.67 bits per heavy atom. The highest BCUT2D eigenvalue weighted by molar-refractivity contribution is 8.19. The van der Waals surface area contributed by atoms with E-state index in [1.165, 1.54) is 12.1 Å². The summed E-state index contributed by atoms with van der Waals surface area (Å²) >= 11 is 0.803. The summed E-state index contributed by atoms with van der Waals surface area (Å²) in [5.41, 5.74) is 0.941. The number of hydrogen-bond donors (Lipinski definition) is 2. The number of carbonyl (C=O) groups is 3. The van der Waals surface area contributed by atoms with Gasteiger partial charge in [0.15, 0.2) is 0 Å². The topological polar surface area (TPSA) is 104 Å². The van der Waals surface area contributed by atoms with E-state index in [2.05, 4.69) is 0 Å². The number of amides is 2. The molecular formula is C19H15NO6S. The maximum Gasteiger partial charge on any atom is 0.306 e. The molecule has 0 unspecified atom stereocenters. The predicted molar refractivity (Wildman–Crippen MR) is 101 cm³/mol. The molecule has 3 rings (SSSR count). The van der Waals surface area contributed by atoms with Crippen LogP contribution in [0.25, 0.3) is 6.08 Å². The minimum atomic E-state index is -0.952. The lowest BCUT2D eigenvalue weighted by atomic mass is 10.2. The number of carboxylic acids is 1. The molecule has 0 aromatic heterocycles. The number of carbonyl (C=O) groups excluding carboxylic acids is 2. The second kappa shape index (κ2) is 7.96. The average molecular weight is 385 g/mol. The van der Waals surface area contributed by atoms with Crippen LogP contribution in [0.15, 0.2) is 53.4 Å². The Balaban J connectivity index is 1.78. The number of aliphatic carboxylic acids is 1. The Morgan fingerprint density at radius 2 is 1.93 bits per heavy atom. The van der Waals surface area contributed by atoms with Crippen molar-refractivity contribution in [2.24, 2.45) is 0 Å². The van der Waals surface area contributed by atoms with Gasteiger partial charge in [-0.3, -0.25) is 14.4 Å². The molecule has 8 heteroatoms. The maximum atomic E-state index is 12.6. The Bertz CT molecular complexity index is 939. The van der Waals surface area contributed by atoms with Gasteiger partial charge in [-0.15, -0.1) is 0 Å². The Morgan fingerprint density at radius 1 is 1.15 bits per heavy atom. The molecule has 0 aliphatic carbocycles. The van der Waals surface area contributed by atoms with Gasteiger partial charge in [0.2, 0.25) is 0 Å². The van der Waals surface area contributed by atoms with Gasteiger partial charge in [-0.1, -0.05) is 18.2 Å². The summed E-state index contributed by atoms with van der Waals surface area (Å²) in [6.07, 6.45) is 1.45. The molecule has 2 aromatic carbocycles. The van der Waals surface area contributed by atoms with Crippen LogP contribution >= 0.6 is 11.8 Å². The molecule has 1 heterocycles. The summed E-state index contributed by atoms with van der Waals surface area (Å²) in [4.78, 5) is 36.6. The van der Waals surface area contributed by atoms with Gasteiger partial charge in [0, 0.05) is 6.07 Å². The first-order valence-corrected chi connectivity index (χ1v) is 8.77. The van der Waals surface area contributed by atoms with Gasteiger partial charge < -0.3 is 14.9 Å². The maximum absolute atomic E-state index is 12.6. The molecule has 1 aliphatic rings. The number of anilines is 1. The third-order valence-electron chi connectivity index (χ3n) is 3.62. The van der Waals surface area contributed by atoms with Crippen molar-refractivity contribution >= 4 is 40.6 Å². The number of thioether (sulfide) groups is 1. The smallest absolute Gasteiger partial charge is 0.306 e. The normalized spacial score (nSPS) is 15.4. The lowest BCUT2D eigenvalue weighted by Crippen LogP contribution is -2.27. The van der Waals surface area contributed by atoms with E-state index in [4.69, 9.17) is 9.84 Å². The summed E-state index contributed by atoms with van der Waals surface area (Å²) < 4.78 is 5.37. The largest absolute Gasteiger partial charge is 0.508 e. The predicted octanol–water partition coefficient (Wildman–Crippen LogP) is 3.49. The number of carboxylic acid groups (broad SMARTS) is 1. The molecule has 1 aliphatic heterocycles. The first-order valence-electron chi connectivity index (χ1n) is 7.96. The minimum Gasteiger partial charge on any atom is -0.508 e. The van der Waals surface area contributed by atoms with Crippen LogP contribution in [0.2, 0.25) is 0 Å². The molecule has 0 radical (unpaired) electrons. The Labute approximate surface area is 158 Å². The van der Waals surface area contributed by atoms with E-state index >= 15 is 0 Å². The SMILES string of the molecule is O=C(O)CCOc1cccc(/C=C2/SC(=O)N(c3cccc(O)c3)C2=O)c1. The Hall–Kier alpha value is -3.26. The van der Waals surface area contributed by atoms with Crippen LogP contribution in [0, 0.1) is 0 Å². The number of hydrogen-bond acceptors (Lipinski definition) is 6. The van der Waals surface area contributed by atoms with Crippen molar-refractivity contribution in [3.63, 3.8) is 0 Å². The Kier molecular flexibility index (Phi) is 5.46. The van der Waals surface area contributed by atoms with Gasteiger partial charge in [-0.2, -0.15) is 0 Å². The van der Waals surface area contributed by atoms with Crippen LogP contribution in [0.3, 0.4) is 0 Å². The molecule has 2 aromatic rings. The molecule has 138 valence electrons. The molecule has 1 saturated heterocycles. The van der Waals surface area contributed by atoms with Crippen molar-refractivity contribution in [1.82, 2.24) is 0 Å². The van der Waals surface area contributed by atoms with E-state index < -0.39 is 17.1 Å². The van der Waals surface area contributed by atoms with Gasteiger partial charge in [-0.05, 0) is 47.7 Å². The second-order valence-corrected chi connectivity index (χ2v) is 6.59. The molecule has 2 amide bonds. The van der Waals surface area contributed by atoms with E-state index in [0.717, 1.165) is 16.7 Å². The number of rotatable bonds is 6. The first kappa shape index (κ1) is 18.5. The van der Waals surface area contributed by atoms with Gasteiger partial charge in [0.1, 0.15) is 11.5 Å². The van der Waals surface area contributed by atoms with Crippen molar-refractivity contribution in [1.29, 1.82) is 0 Å². The average Bonchev–Trinajstić information content (AvgIpc) is 2.88. The molecular weight excluding hydrogens is 370 g/mol. The van der Waals surface area contributed by atoms with E-state index in [9.17, 15) is 19.5 Å². The van der Waals surface area contributed by atoms with Gasteiger partial charge in [-0.25, -0.2) is 4.90 Å². The van der Waals surface area contributed by atoms with E-state index in [0.29, 0.717) is 17.0 Å². The van der Waals surface area contributed by atoms with Crippen molar-refractivity contribution in [2.75, 3.05) is 11.5 Å². The fourth-order valence-electron chi connectivity index (χ4n) is 2.42. The lowest BCUT2D eigenvalue weighted by Gasteiger charge is -2.12.